The SMILES string of the molecule is CN1C(=O)CCc2cc(C(=O)Nc3nc(C4CCNCC4)nn3C)ccc21. The van der Waals surface area contributed by atoms with Crippen molar-refractivity contribution in [3.63, 3.8) is 0 Å². The van der Waals surface area contributed by atoms with E-state index >= 15 is 0 Å². The molecule has 142 valence electrons. The Morgan fingerprint density at radius 2 is 2.00 bits per heavy atom. The molecule has 27 heavy (non-hydrogen) atoms. The number of nitrogens with zero attached hydrogens (tertiary/aromatic N) is 4. The minimum absolute atomic E-state index is 0.101. The molecule has 2 aromatic rings. The molecule has 8 nitrogen and oxygen atoms in total. The zero-order valence-corrected chi connectivity index (χ0v) is 15.7. The Hall–Kier alpha value is -2.74. The first-order valence-electron chi connectivity index (χ1n) is 9.35. The zero-order valence-electron chi connectivity index (χ0n) is 15.7. The van der Waals surface area contributed by atoms with Gasteiger partial charge in [-0.3, -0.25) is 14.9 Å². The van der Waals surface area contributed by atoms with E-state index in [2.05, 4.69) is 20.7 Å². The van der Waals surface area contributed by atoms with Crippen LogP contribution in [-0.2, 0) is 18.3 Å². The second kappa shape index (κ2) is 7.11. The monoisotopic (exact) mass is 368 g/mol. The molecule has 0 atom stereocenters. The summed E-state index contributed by atoms with van der Waals surface area (Å²) in [6.07, 6.45) is 3.14. The summed E-state index contributed by atoms with van der Waals surface area (Å²) in [6.45, 7) is 1.94. The van der Waals surface area contributed by atoms with E-state index < -0.39 is 0 Å². The molecule has 0 saturated carbocycles. The normalized spacial score (nSPS) is 17.7. The van der Waals surface area contributed by atoms with Crippen LogP contribution in [0.2, 0.25) is 0 Å². The lowest BCUT2D eigenvalue weighted by molar-refractivity contribution is -0.118. The molecule has 2 aliphatic heterocycles. The van der Waals surface area contributed by atoms with Crippen molar-refractivity contribution < 1.29 is 9.59 Å². The molecule has 1 fully saturated rings. The molecule has 0 unspecified atom stereocenters. The summed E-state index contributed by atoms with van der Waals surface area (Å²) in [7, 11) is 3.56. The van der Waals surface area contributed by atoms with Crippen LogP contribution in [-0.4, -0.2) is 46.7 Å². The van der Waals surface area contributed by atoms with E-state index in [-0.39, 0.29) is 11.8 Å². The smallest absolute Gasteiger partial charge is 0.258 e. The van der Waals surface area contributed by atoms with Gasteiger partial charge in [-0.15, -0.1) is 0 Å². The Morgan fingerprint density at radius 1 is 1.22 bits per heavy atom. The molecule has 1 saturated heterocycles. The first kappa shape index (κ1) is 17.7. The fourth-order valence-corrected chi connectivity index (χ4v) is 3.74. The number of carbonyl (C=O) groups is 2. The fraction of sp³-hybridized carbons (Fsp3) is 0.474. The van der Waals surface area contributed by atoms with E-state index in [0.717, 1.165) is 43.0 Å². The van der Waals surface area contributed by atoms with E-state index in [9.17, 15) is 9.59 Å². The number of fused-ring (bicyclic) bond motifs is 1. The molecule has 0 radical (unpaired) electrons. The van der Waals surface area contributed by atoms with Crippen molar-refractivity contribution in [3.8, 4) is 0 Å². The topological polar surface area (TPSA) is 92.2 Å². The van der Waals surface area contributed by atoms with Gasteiger partial charge in [0.1, 0.15) is 0 Å². The van der Waals surface area contributed by atoms with Crippen molar-refractivity contribution in [2.75, 3.05) is 30.4 Å². The number of hydrogen-bond acceptors (Lipinski definition) is 5. The third kappa shape index (κ3) is 3.44. The van der Waals surface area contributed by atoms with Crippen LogP contribution in [0.25, 0.3) is 0 Å². The van der Waals surface area contributed by atoms with Crippen LogP contribution in [0.1, 0.15) is 46.9 Å². The number of piperidine rings is 1. The van der Waals surface area contributed by atoms with Crippen LogP contribution in [0.15, 0.2) is 18.2 Å². The first-order chi connectivity index (χ1) is 13.0. The lowest BCUT2D eigenvalue weighted by Gasteiger charge is -2.26. The van der Waals surface area contributed by atoms with Gasteiger partial charge in [0.2, 0.25) is 11.9 Å². The van der Waals surface area contributed by atoms with E-state index in [1.165, 1.54) is 0 Å². The Labute approximate surface area is 158 Å². The number of aryl methyl sites for hydroxylation is 2. The molecule has 1 aromatic heterocycles. The van der Waals surface area contributed by atoms with Gasteiger partial charge in [0, 0.05) is 37.7 Å². The summed E-state index contributed by atoms with van der Waals surface area (Å²) in [6, 6.07) is 5.43. The van der Waals surface area contributed by atoms with Crippen LogP contribution in [0.3, 0.4) is 0 Å². The van der Waals surface area contributed by atoms with Gasteiger partial charge in [-0.2, -0.15) is 10.1 Å². The van der Waals surface area contributed by atoms with Crippen molar-refractivity contribution in [1.82, 2.24) is 20.1 Å². The summed E-state index contributed by atoms with van der Waals surface area (Å²) in [5.41, 5.74) is 2.44. The van der Waals surface area contributed by atoms with E-state index in [0.29, 0.717) is 30.3 Å². The molecular weight excluding hydrogens is 344 g/mol. The van der Waals surface area contributed by atoms with Crippen molar-refractivity contribution in [3.05, 3.63) is 35.2 Å². The lowest BCUT2D eigenvalue weighted by atomic mass is 9.98. The largest absolute Gasteiger partial charge is 0.317 e. The molecule has 0 spiro atoms. The number of hydrogen-bond donors (Lipinski definition) is 2. The summed E-state index contributed by atoms with van der Waals surface area (Å²) in [5.74, 6) is 1.47. The van der Waals surface area contributed by atoms with Crippen LogP contribution in [0, 0.1) is 0 Å². The Balaban J connectivity index is 1.51. The average Bonchev–Trinajstić information content (AvgIpc) is 3.05. The number of nitrogens with one attached hydrogen (secondary N) is 2. The molecule has 2 aliphatic rings. The number of carbonyl (C=O) groups excluding carboxylic acids is 2. The molecule has 0 aliphatic carbocycles. The maximum atomic E-state index is 12.7. The summed E-state index contributed by atoms with van der Waals surface area (Å²) >= 11 is 0. The number of benzene rings is 1. The summed E-state index contributed by atoms with van der Waals surface area (Å²) in [5, 5.41) is 10.7. The molecule has 1 aromatic carbocycles. The predicted octanol–water partition coefficient (Wildman–Crippen LogP) is 1.44. The van der Waals surface area contributed by atoms with Crippen molar-refractivity contribution in [2.45, 2.75) is 31.6 Å². The van der Waals surface area contributed by atoms with Gasteiger partial charge in [-0.1, -0.05) is 0 Å². The average molecular weight is 368 g/mol. The maximum absolute atomic E-state index is 12.7. The highest BCUT2D eigenvalue weighted by Crippen LogP contribution is 2.28. The Morgan fingerprint density at radius 3 is 2.78 bits per heavy atom. The third-order valence-corrected chi connectivity index (χ3v) is 5.39. The van der Waals surface area contributed by atoms with Crippen LogP contribution >= 0.6 is 0 Å². The third-order valence-electron chi connectivity index (χ3n) is 5.39. The van der Waals surface area contributed by atoms with Crippen LogP contribution < -0.4 is 15.5 Å². The van der Waals surface area contributed by atoms with Gasteiger partial charge in [-0.25, -0.2) is 4.68 Å². The van der Waals surface area contributed by atoms with E-state index in [1.807, 2.05) is 12.1 Å². The number of rotatable bonds is 3. The van der Waals surface area contributed by atoms with Gasteiger partial charge < -0.3 is 10.2 Å². The highest BCUT2D eigenvalue weighted by Gasteiger charge is 2.24. The zero-order chi connectivity index (χ0) is 19.0. The minimum Gasteiger partial charge on any atom is -0.317 e. The maximum Gasteiger partial charge on any atom is 0.258 e. The first-order valence-corrected chi connectivity index (χ1v) is 9.35. The van der Waals surface area contributed by atoms with Gasteiger partial charge in [-0.05, 0) is 56.1 Å². The van der Waals surface area contributed by atoms with Crippen LogP contribution in [0.4, 0.5) is 11.6 Å². The van der Waals surface area contributed by atoms with Gasteiger partial charge in [0.05, 0.1) is 0 Å². The second-order valence-electron chi connectivity index (χ2n) is 7.19. The highest BCUT2D eigenvalue weighted by molar-refractivity contribution is 6.04. The lowest BCUT2D eigenvalue weighted by Crippen LogP contribution is -2.31. The number of amides is 2. The molecule has 2 N–H and O–H groups in total. The summed E-state index contributed by atoms with van der Waals surface area (Å²) < 4.78 is 1.63. The molecule has 2 amide bonds. The van der Waals surface area contributed by atoms with E-state index in [4.69, 9.17) is 0 Å². The van der Waals surface area contributed by atoms with Crippen molar-refractivity contribution in [1.29, 1.82) is 0 Å². The fourth-order valence-electron chi connectivity index (χ4n) is 3.74. The van der Waals surface area contributed by atoms with Crippen LogP contribution in [0.5, 0.6) is 0 Å². The standard InChI is InChI=1S/C19H24N6O2/c1-24-15-5-3-14(11-13(15)4-6-16(24)26)18(27)22-19-21-17(23-25(19)2)12-7-9-20-10-8-12/h3,5,11-12,20H,4,6-10H2,1-2H3,(H,21,22,23,27). The minimum atomic E-state index is -0.218. The quantitative estimate of drug-likeness (QED) is 0.855. The van der Waals surface area contributed by atoms with Gasteiger partial charge in [0.15, 0.2) is 5.82 Å². The predicted molar refractivity (Wildman–Crippen MR) is 102 cm³/mol. The Bertz CT molecular complexity index is 884. The molecule has 4 rings (SSSR count). The molecule has 0 bridgehead atoms. The van der Waals surface area contributed by atoms with E-state index in [1.54, 1.807) is 29.7 Å². The Kier molecular flexibility index (Phi) is 4.65. The van der Waals surface area contributed by atoms with Gasteiger partial charge >= 0.3 is 0 Å². The van der Waals surface area contributed by atoms with Gasteiger partial charge in [0.25, 0.3) is 5.91 Å². The van der Waals surface area contributed by atoms with Crippen molar-refractivity contribution in [2.24, 2.45) is 7.05 Å². The highest BCUT2D eigenvalue weighted by atomic mass is 16.2. The molecule has 3 heterocycles. The molecule has 8 heteroatoms. The number of aromatic nitrogens is 3. The second-order valence-corrected chi connectivity index (χ2v) is 7.19. The van der Waals surface area contributed by atoms with Crippen molar-refractivity contribution >= 4 is 23.5 Å². The summed E-state index contributed by atoms with van der Waals surface area (Å²) in [4.78, 5) is 30.7. The number of anilines is 2. The molecular formula is C19H24N6O2.